The monoisotopic (exact) mass is 331 g/mol. The summed E-state index contributed by atoms with van der Waals surface area (Å²) < 4.78 is 35.6. The summed E-state index contributed by atoms with van der Waals surface area (Å²) in [5, 5.41) is 2.81. The fourth-order valence-electron chi connectivity index (χ4n) is 1.22. The summed E-state index contributed by atoms with van der Waals surface area (Å²) in [5.41, 5.74) is 0.879. The van der Waals surface area contributed by atoms with Crippen LogP contribution in [-0.2, 0) is 10.5 Å². The smallest absolute Gasteiger partial charge is 0.347 e. The number of hydrogen-bond acceptors (Lipinski definition) is 2. The summed E-state index contributed by atoms with van der Waals surface area (Å²) in [6.07, 6.45) is -4.83. The van der Waals surface area contributed by atoms with Gasteiger partial charge >= 0.3 is 12.1 Å². The van der Waals surface area contributed by atoms with E-state index in [1.54, 1.807) is 23.5 Å². The second-order valence-corrected chi connectivity index (χ2v) is 5.56. The minimum Gasteiger partial charge on any atom is -0.347 e. The lowest BCUT2D eigenvalue weighted by molar-refractivity contribution is -0.173. The Morgan fingerprint density at radius 3 is 2.32 bits per heavy atom. The van der Waals surface area contributed by atoms with E-state index in [4.69, 9.17) is 23.2 Å². The Balaban J connectivity index is 2.26. The molecule has 0 aliphatic rings. The highest BCUT2D eigenvalue weighted by Crippen LogP contribution is 2.22. The summed E-state index contributed by atoms with van der Waals surface area (Å²) in [6, 6.07) is 5.06. The van der Waals surface area contributed by atoms with Crippen LogP contribution in [0.1, 0.15) is 5.56 Å². The first kappa shape index (κ1) is 16.5. The maximum absolute atomic E-state index is 11.9. The van der Waals surface area contributed by atoms with Gasteiger partial charge in [-0.2, -0.15) is 24.9 Å². The van der Waals surface area contributed by atoms with Crippen molar-refractivity contribution in [2.24, 2.45) is 0 Å². The molecule has 0 atom stereocenters. The number of nitrogens with one attached hydrogen (secondary N) is 1. The van der Waals surface area contributed by atoms with E-state index < -0.39 is 12.1 Å². The first-order valence-electron chi connectivity index (χ1n) is 5.17. The van der Waals surface area contributed by atoms with Crippen molar-refractivity contribution in [3.8, 4) is 0 Å². The summed E-state index contributed by atoms with van der Waals surface area (Å²) in [4.78, 5) is 10.5. The molecular weight excluding hydrogens is 322 g/mol. The molecule has 0 aromatic heterocycles. The SMILES string of the molecule is O=C(NCCSCc1cc(Cl)cc(Cl)c1)C(F)(F)F. The molecule has 0 saturated heterocycles. The molecule has 0 bridgehead atoms. The van der Waals surface area contributed by atoms with Gasteiger partial charge in [0.15, 0.2) is 0 Å². The molecule has 0 spiro atoms. The molecule has 0 saturated carbocycles. The number of rotatable bonds is 5. The van der Waals surface area contributed by atoms with E-state index in [0.717, 1.165) is 5.56 Å². The average Bonchev–Trinajstić information content (AvgIpc) is 2.25. The lowest BCUT2D eigenvalue weighted by Crippen LogP contribution is -2.37. The molecule has 1 aromatic carbocycles. The van der Waals surface area contributed by atoms with Crippen LogP contribution in [0.4, 0.5) is 13.2 Å². The van der Waals surface area contributed by atoms with Gasteiger partial charge in [-0.3, -0.25) is 4.79 Å². The molecular formula is C11H10Cl2F3NOS. The molecule has 0 unspecified atom stereocenters. The minimum absolute atomic E-state index is 0.0443. The van der Waals surface area contributed by atoms with Crippen molar-refractivity contribution in [1.82, 2.24) is 5.32 Å². The zero-order chi connectivity index (χ0) is 14.5. The van der Waals surface area contributed by atoms with Crippen LogP contribution in [0.25, 0.3) is 0 Å². The Hall–Kier alpha value is -0.590. The molecule has 1 rings (SSSR count). The second-order valence-electron chi connectivity index (χ2n) is 3.58. The summed E-state index contributed by atoms with van der Waals surface area (Å²) in [6.45, 7) is -0.0443. The van der Waals surface area contributed by atoms with Gasteiger partial charge in [0.2, 0.25) is 0 Å². The second kappa shape index (κ2) is 7.26. The molecule has 2 nitrogen and oxygen atoms in total. The van der Waals surface area contributed by atoms with Crippen LogP contribution in [0.2, 0.25) is 10.0 Å². The van der Waals surface area contributed by atoms with Crippen LogP contribution in [0.15, 0.2) is 18.2 Å². The van der Waals surface area contributed by atoms with Crippen molar-refractivity contribution in [2.75, 3.05) is 12.3 Å². The van der Waals surface area contributed by atoms with Gasteiger partial charge in [-0.15, -0.1) is 0 Å². The Labute approximate surface area is 122 Å². The number of alkyl halides is 3. The first-order valence-corrected chi connectivity index (χ1v) is 7.08. The Kier molecular flexibility index (Phi) is 6.29. The highest BCUT2D eigenvalue weighted by atomic mass is 35.5. The first-order chi connectivity index (χ1) is 8.79. The van der Waals surface area contributed by atoms with Crippen LogP contribution in [-0.4, -0.2) is 24.4 Å². The molecule has 0 aliphatic heterocycles. The van der Waals surface area contributed by atoms with Gasteiger partial charge in [-0.25, -0.2) is 0 Å². The summed E-state index contributed by atoms with van der Waals surface area (Å²) in [7, 11) is 0. The normalized spacial score (nSPS) is 11.4. The number of thioether (sulfide) groups is 1. The zero-order valence-electron chi connectivity index (χ0n) is 9.56. The van der Waals surface area contributed by atoms with E-state index in [1.165, 1.54) is 11.8 Å². The van der Waals surface area contributed by atoms with Gasteiger partial charge < -0.3 is 5.32 Å². The van der Waals surface area contributed by atoms with Gasteiger partial charge in [-0.05, 0) is 23.8 Å². The highest BCUT2D eigenvalue weighted by molar-refractivity contribution is 7.98. The largest absolute Gasteiger partial charge is 0.471 e. The molecule has 19 heavy (non-hydrogen) atoms. The molecule has 1 N–H and O–H groups in total. The van der Waals surface area contributed by atoms with Crippen molar-refractivity contribution >= 4 is 40.9 Å². The number of hydrogen-bond donors (Lipinski definition) is 1. The van der Waals surface area contributed by atoms with Gasteiger partial charge in [0.05, 0.1) is 0 Å². The Morgan fingerprint density at radius 1 is 1.21 bits per heavy atom. The minimum atomic E-state index is -4.83. The highest BCUT2D eigenvalue weighted by Gasteiger charge is 2.38. The van der Waals surface area contributed by atoms with E-state index in [2.05, 4.69) is 0 Å². The van der Waals surface area contributed by atoms with Crippen LogP contribution >= 0.6 is 35.0 Å². The third kappa shape index (κ3) is 6.40. The van der Waals surface area contributed by atoms with Gasteiger partial charge in [0.1, 0.15) is 0 Å². The predicted molar refractivity (Wildman–Crippen MR) is 71.7 cm³/mol. The van der Waals surface area contributed by atoms with E-state index in [-0.39, 0.29) is 6.54 Å². The summed E-state index contributed by atoms with van der Waals surface area (Å²) >= 11 is 13.0. The van der Waals surface area contributed by atoms with Crippen molar-refractivity contribution in [3.63, 3.8) is 0 Å². The topological polar surface area (TPSA) is 29.1 Å². The van der Waals surface area contributed by atoms with Crippen molar-refractivity contribution in [3.05, 3.63) is 33.8 Å². The van der Waals surface area contributed by atoms with E-state index in [1.807, 2.05) is 0 Å². The van der Waals surface area contributed by atoms with Crippen molar-refractivity contribution in [1.29, 1.82) is 0 Å². The van der Waals surface area contributed by atoms with E-state index >= 15 is 0 Å². The predicted octanol–water partition coefficient (Wildman–Crippen LogP) is 3.91. The van der Waals surface area contributed by atoms with E-state index in [9.17, 15) is 18.0 Å². The third-order valence-electron chi connectivity index (χ3n) is 1.98. The molecule has 0 fully saturated rings. The zero-order valence-corrected chi connectivity index (χ0v) is 11.9. The quantitative estimate of drug-likeness (QED) is 0.829. The third-order valence-corrected chi connectivity index (χ3v) is 3.45. The fourth-order valence-corrected chi connectivity index (χ4v) is 2.59. The van der Waals surface area contributed by atoms with Crippen LogP contribution in [0.5, 0.6) is 0 Å². The number of halogens is 5. The van der Waals surface area contributed by atoms with Gasteiger partial charge in [0.25, 0.3) is 0 Å². The number of carbonyl (C=O) groups excluding carboxylic acids is 1. The molecule has 106 valence electrons. The number of carbonyl (C=O) groups is 1. The number of amides is 1. The summed E-state index contributed by atoms with van der Waals surface area (Å²) in [5.74, 6) is -0.993. The molecule has 1 aromatic rings. The van der Waals surface area contributed by atoms with E-state index in [0.29, 0.717) is 21.6 Å². The molecule has 0 heterocycles. The Morgan fingerprint density at radius 2 is 1.79 bits per heavy atom. The maximum atomic E-state index is 11.9. The molecule has 8 heteroatoms. The number of benzene rings is 1. The standard InChI is InChI=1S/C11H10Cl2F3NOS/c12-8-3-7(4-9(13)5-8)6-19-2-1-17-10(18)11(14,15)16/h3-5H,1-2,6H2,(H,17,18). The Bertz CT molecular complexity index is 434. The van der Waals surface area contributed by atoms with Crippen LogP contribution in [0.3, 0.4) is 0 Å². The molecule has 0 radical (unpaired) electrons. The lowest BCUT2D eigenvalue weighted by atomic mass is 10.2. The van der Waals surface area contributed by atoms with Gasteiger partial charge in [0, 0.05) is 28.1 Å². The van der Waals surface area contributed by atoms with Crippen LogP contribution < -0.4 is 5.32 Å². The molecule has 1 amide bonds. The van der Waals surface area contributed by atoms with Gasteiger partial charge in [-0.1, -0.05) is 23.2 Å². The van der Waals surface area contributed by atoms with Crippen LogP contribution in [0, 0.1) is 0 Å². The van der Waals surface area contributed by atoms with Crippen molar-refractivity contribution < 1.29 is 18.0 Å². The fraction of sp³-hybridized carbons (Fsp3) is 0.364. The lowest BCUT2D eigenvalue weighted by Gasteiger charge is -2.07. The van der Waals surface area contributed by atoms with Crippen molar-refractivity contribution in [2.45, 2.75) is 11.9 Å². The molecule has 0 aliphatic carbocycles. The average molecular weight is 332 g/mol. The maximum Gasteiger partial charge on any atom is 0.471 e.